The summed E-state index contributed by atoms with van der Waals surface area (Å²) in [4.78, 5) is 35.9. The van der Waals surface area contributed by atoms with Crippen LogP contribution in [0.1, 0.15) is 31.0 Å². The van der Waals surface area contributed by atoms with Gasteiger partial charge in [0.05, 0.1) is 45.8 Å². The number of hydrogen-bond acceptors (Lipinski definition) is 12. The van der Waals surface area contributed by atoms with Gasteiger partial charge in [0, 0.05) is 15.7 Å². The number of nitrogens with one attached hydrogen (secondary N) is 3. The van der Waals surface area contributed by atoms with Gasteiger partial charge in [-0.05, 0) is 59.6 Å². The molecule has 0 saturated heterocycles. The monoisotopic (exact) mass is 664 g/mol. The molecule has 1 aliphatic heterocycles. The third-order valence-electron chi connectivity index (χ3n) is 5.96. The molecule has 0 aromatic heterocycles. The average Bonchev–Trinajstić information content (AvgIpc) is 2.99. The van der Waals surface area contributed by atoms with Crippen LogP contribution in [0.5, 0.6) is 23.0 Å². The lowest BCUT2D eigenvalue weighted by Crippen LogP contribution is -2.45. The first-order valence-corrected chi connectivity index (χ1v) is 13.7. The zero-order valence-electron chi connectivity index (χ0n) is 24.2. The summed E-state index contributed by atoms with van der Waals surface area (Å²) in [5.74, 6) is 0.226. The van der Waals surface area contributed by atoms with Gasteiger partial charge in [-0.2, -0.15) is 5.10 Å². The molecule has 43 heavy (non-hydrogen) atoms. The minimum Gasteiger partial charge on any atom is -0.493 e. The first-order chi connectivity index (χ1) is 20.6. The lowest BCUT2D eigenvalue weighted by atomic mass is 9.95. The van der Waals surface area contributed by atoms with Crippen LogP contribution in [0.4, 0.5) is 4.79 Å². The maximum Gasteiger partial charge on any atom is 0.343 e. The second-order valence-electron chi connectivity index (χ2n) is 8.80. The SMILES string of the molecule is CCOc1cc([C@@H]2NC(=O)NC(C)=C2C(=O)OC)ccc1OC[C@H](O)N/N=C\c1cc(OC)c(OCC(=O)OC)cc1Br. The number of methoxy groups -OCH3 is 3. The van der Waals surface area contributed by atoms with E-state index in [4.69, 9.17) is 23.7 Å². The zero-order chi connectivity index (χ0) is 31.5. The number of benzene rings is 2. The predicted octanol–water partition coefficient (Wildman–Crippen LogP) is 2.53. The van der Waals surface area contributed by atoms with Crippen molar-refractivity contribution in [1.82, 2.24) is 16.1 Å². The van der Waals surface area contributed by atoms with Gasteiger partial charge in [0.25, 0.3) is 0 Å². The van der Waals surface area contributed by atoms with Crippen LogP contribution >= 0.6 is 15.9 Å². The Morgan fingerprint density at radius 3 is 2.49 bits per heavy atom. The van der Waals surface area contributed by atoms with Crippen molar-refractivity contribution in [2.24, 2.45) is 5.10 Å². The number of allylic oxidation sites excluding steroid dienone is 1. The number of halogens is 1. The molecule has 1 heterocycles. The van der Waals surface area contributed by atoms with Crippen molar-refractivity contribution in [3.05, 3.63) is 57.2 Å². The summed E-state index contributed by atoms with van der Waals surface area (Å²) in [6.07, 6.45) is 0.246. The summed E-state index contributed by atoms with van der Waals surface area (Å²) in [6.45, 7) is 3.24. The summed E-state index contributed by atoms with van der Waals surface area (Å²) in [5, 5.41) is 19.8. The van der Waals surface area contributed by atoms with Crippen LogP contribution in [0.25, 0.3) is 0 Å². The third kappa shape index (κ3) is 8.75. The molecule has 15 heteroatoms. The molecule has 14 nitrogen and oxygen atoms in total. The fraction of sp³-hybridized carbons (Fsp3) is 0.357. The molecule has 3 rings (SSSR count). The van der Waals surface area contributed by atoms with Crippen LogP contribution in [-0.4, -0.2) is 76.7 Å². The van der Waals surface area contributed by atoms with Crippen LogP contribution in [0, 0.1) is 0 Å². The summed E-state index contributed by atoms with van der Waals surface area (Å²) < 4.78 is 32.3. The van der Waals surface area contributed by atoms with Gasteiger partial charge in [-0.25, -0.2) is 14.4 Å². The number of hydrazone groups is 1. The molecular formula is C28H33BrN4O10. The number of carbonyl (C=O) groups excluding carboxylic acids is 3. The Bertz CT molecular complexity index is 1400. The molecule has 1 aliphatic rings. The average molecular weight is 665 g/mol. The molecule has 0 aliphatic carbocycles. The number of aliphatic hydroxyl groups is 1. The van der Waals surface area contributed by atoms with Crippen molar-refractivity contribution in [2.45, 2.75) is 26.1 Å². The molecule has 0 radical (unpaired) electrons. The minimum absolute atomic E-state index is 0.196. The summed E-state index contributed by atoms with van der Waals surface area (Å²) >= 11 is 3.42. The highest BCUT2D eigenvalue weighted by Crippen LogP contribution is 2.35. The number of ether oxygens (including phenoxy) is 6. The maximum absolute atomic E-state index is 12.4. The first kappa shape index (κ1) is 33.0. The zero-order valence-corrected chi connectivity index (χ0v) is 25.8. The Kier molecular flexibility index (Phi) is 12.0. The van der Waals surface area contributed by atoms with Crippen LogP contribution < -0.4 is 35.0 Å². The largest absolute Gasteiger partial charge is 0.493 e. The van der Waals surface area contributed by atoms with E-state index in [2.05, 4.69) is 41.8 Å². The van der Waals surface area contributed by atoms with Gasteiger partial charge in [0.2, 0.25) is 0 Å². The molecule has 2 aromatic carbocycles. The topological polar surface area (TPSA) is 175 Å². The third-order valence-corrected chi connectivity index (χ3v) is 6.64. The fourth-order valence-electron chi connectivity index (χ4n) is 3.93. The molecule has 2 atom stereocenters. The normalized spacial score (nSPS) is 15.2. The highest BCUT2D eigenvalue weighted by Gasteiger charge is 2.32. The van der Waals surface area contributed by atoms with Crippen molar-refractivity contribution in [1.29, 1.82) is 0 Å². The number of hydrogen-bond donors (Lipinski definition) is 4. The van der Waals surface area contributed by atoms with E-state index in [1.807, 2.05) is 0 Å². The molecule has 0 spiro atoms. The Morgan fingerprint density at radius 2 is 1.81 bits per heavy atom. The highest BCUT2D eigenvalue weighted by atomic mass is 79.9. The van der Waals surface area contributed by atoms with Crippen molar-refractivity contribution in [3.8, 4) is 23.0 Å². The molecule has 0 bridgehead atoms. The van der Waals surface area contributed by atoms with Crippen molar-refractivity contribution >= 4 is 40.1 Å². The molecule has 0 unspecified atom stereocenters. The summed E-state index contributed by atoms with van der Waals surface area (Å²) in [6, 6.07) is 6.94. The molecule has 232 valence electrons. The number of rotatable bonds is 14. The van der Waals surface area contributed by atoms with Crippen LogP contribution in [0.2, 0.25) is 0 Å². The predicted molar refractivity (Wildman–Crippen MR) is 157 cm³/mol. The van der Waals surface area contributed by atoms with E-state index >= 15 is 0 Å². The smallest absolute Gasteiger partial charge is 0.343 e. The Morgan fingerprint density at radius 1 is 1.07 bits per heavy atom. The number of esters is 2. The van der Waals surface area contributed by atoms with Gasteiger partial charge in [-0.15, -0.1) is 0 Å². The van der Waals surface area contributed by atoms with Crippen LogP contribution in [-0.2, 0) is 19.1 Å². The number of nitrogens with zero attached hydrogens (tertiary/aromatic N) is 1. The second-order valence-corrected chi connectivity index (χ2v) is 9.66. The van der Waals surface area contributed by atoms with Gasteiger partial charge in [0.15, 0.2) is 35.8 Å². The molecular weight excluding hydrogens is 632 g/mol. The fourth-order valence-corrected chi connectivity index (χ4v) is 4.36. The van der Waals surface area contributed by atoms with E-state index in [-0.39, 0.29) is 18.8 Å². The first-order valence-electron chi connectivity index (χ1n) is 12.9. The number of urea groups is 1. The van der Waals surface area contributed by atoms with E-state index in [0.717, 1.165) is 0 Å². The Balaban J connectivity index is 1.68. The van der Waals surface area contributed by atoms with Gasteiger partial charge in [0.1, 0.15) is 6.61 Å². The van der Waals surface area contributed by atoms with E-state index in [9.17, 15) is 19.5 Å². The standard InChI is InChI=1S/C28H33BrN4O10/c1-6-41-21-9-16(26-25(27(36)40-5)15(2)31-28(37)32-26)7-8-19(21)42-13-23(34)33-30-12-17-10-20(38-3)22(11-18(17)29)43-14-24(35)39-4/h7-12,23,26,33-34H,6,13-14H2,1-5H3,(H2,31,32,37)/b30-12-/t23-,26-/m0/s1. The Labute approximate surface area is 256 Å². The molecule has 2 amide bonds. The molecule has 4 N–H and O–H groups in total. The molecule has 2 aromatic rings. The van der Waals surface area contributed by atoms with Gasteiger partial charge < -0.3 is 44.2 Å². The van der Waals surface area contributed by atoms with Crippen molar-refractivity contribution < 1.29 is 47.9 Å². The van der Waals surface area contributed by atoms with Crippen LogP contribution in [0.15, 0.2) is 51.2 Å². The lowest BCUT2D eigenvalue weighted by molar-refractivity contribution is -0.143. The Hall–Kier alpha value is -4.50. The second kappa shape index (κ2) is 15.7. The van der Waals surface area contributed by atoms with Crippen molar-refractivity contribution in [3.63, 3.8) is 0 Å². The maximum atomic E-state index is 12.4. The number of carbonyl (C=O) groups is 3. The quantitative estimate of drug-likeness (QED) is 0.101. The van der Waals surface area contributed by atoms with Gasteiger partial charge >= 0.3 is 18.0 Å². The minimum atomic E-state index is -1.20. The van der Waals surface area contributed by atoms with E-state index < -0.39 is 30.2 Å². The van der Waals surface area contributed by atoms with E-state index in [0.29, 0.717) is 50.9 Å². The lowest BCUT2D eigenvalue weighted by Gasteiger charge is -2.28. The number of amides is 2. The van der Waals surface area contributed by atoms with Gasteiger partial charge in [-0.1, -0.05) is 6.07 Å². The summed E-state index contributed by atoms with van der Waals surface area (Å²) in [5.41, 5.74) is 4.36. The highest BCUT2D eigenvalue weighted by molar-refractivity contribution is 9.10. The van der Waals surface area contributed by atoms with Crippen LogP contribution in [0.3, 0.4) is 0 Å². The summed E-state index contributed by atoms with van der Waals surface area (Å²) in [7, 11) is 3.98. The van der Waals surface area contributed by atoms with E-state index in [1.165, 1.54) is 27.5 Å². The molecule has 0 saturated carbocycles. The van der Waals surface area contributed by atoms with E-state index in [1.54, 1.807) is 44.2 Å². The van der Waals surface area contributed by atoms with Crippen molar-refractivity contribution in [2.75, 3.05) is 41.2 Å². The molecule has 0 fully saturated rings. The van der Waals surface area contributed by atoms with Gasteiger partial charge in [-0.3, -0.25) is 5.43 Å². The number of aliphatic hydroxyl groups excluding tert-OH is 1.